The molecule has 3 nitrogen and oxygen atoms in total. The van der Waals surface area contributed by atoms with Crippen molar-refractivity contribution in [3.05, 3.63) is 65.9 Å². The van der Waals surface area contributed by atoms with Crippen molar-refractivity contribution >= 4 is 22.5 Å². The maximum Gasteiger partial charge on any atom is 0.257 e. The van der Waals surface area contributed by atoms with Gasteiger partial charge in [0.05, 0.1) is 11.1 Å². The Morgan fingerprint density at radius 2 is 1.90 bits per heavy atom. The van der Waals surface area contributed by atoms with Gasteiger partial charge in [0, 0.05) is 17.3 Å². The van der Waals surface area contributed by atoms with E-state index in [0.717, 1.165) is 23.0 Å². The third kappa shape index (κ3) is 2.30. The van der Waals surface area contributed by atoms with Gasteiger partial charge in [-0.05, 0) is 36.2 Å². The lowest BCUT2D eigenvalue weighted by Gasteiger charge is -2.07. The Hall–Kier alpha value is -2.55. The molecule has 1 amide bonds. The van der Waals surface area contributed by atoms with E-state index < -0.39 is 0 Å². The zero-order valence-electron chi connectivity index (χ0n) is 11.3. The molecular weight excluding hydrogens is 248 g/mol. The van der Waals surface area contributed by atoms with Crippen molar-refractivity contribution in [1.82, 2.24) is 4.98 Å². The summed E-state index contributed by atoms with van der Waals surface area (Å²) in [5.74, 6) is -0.0951. The van der Waals surface area contributed by atoms with Gasteiger partial charge in [-0.3, -0.25) is 4.79 Å². The molecule has 0 radical (unpaired) electrons. The van der Waals surface area contributed by atoms with E-state index in [4.69, 9.17) is 0 Å². The number of fused-ring (bicyclic) bond motifs is 1. The van der Waals surface area contributed by atoms with Gasteiger partial charge in [0.1, 0.15) is 0 Å². The Balaban J connectivity index is 1.87. The highest BCUT2D eigenvalue weighted by molar-refractivity contribution is 6.11. The Labute approximate surface area is 117 Å². The summed E-state index contributed by atoms with van der Waals surface area (Å²) in [5, 5.41) is 3.97. The molecular formula is C17H16N2O. The van der Waals surface area contributed by atoms with Crippen LogP contribution in [-0.2, 0) is 6.42 Å². The molecule has 20 heavy (non-hydrogen) atoms. The highest BCUT2D eigenvalue weighted by Crippen LogP contribution is 2.18. The van der Waals surface area contributed by atoms with Crippen LogP contribution < -0.4 is 5.32 Å². The predicted molar refractivity (Wildman–Crippen MR) is 82.1 cm³/mol. The molecule has 1 heterocycles. The highest BCUT2D eigenvalue weighted by Gasteiger charge is 2.10. The van der Waals surface area contributed by atoms with Gasteiger partial charge in [0.25, 0.3) is 5.91 Å². The zero-order chi connectivity index (χ0) is 13.9. The van der Waals surface area contributed by atoms with E-state index in [1.165, 1.54) is 5.56 Å². The largest absolute Gasteiger partial charge is 0.361 e. The van der Waals surface area contributed by atoms with Crippen LogP contribution in [0.2, 0.25) is 0 Å². The summed E-state index contributed by atoms with van der Waals surface area (Å²) in [7, 11) is 0. The molecule has 2 N–H and O–H groups in total. The van der Waals surface area contributed by atoms with E-state index in [9.17, 15) is 4.79 Å². The number of para-hydroxylation sites is 1. The van der Waals surface area contributed by atoms with E-state index in [1.54, 1.807) is 0 Å². The van der Waals surface area contributed by atoms with Crippen molar-refractivity contribution in [3.8, 4) is 0 Å². The molecule has 0 bridgehead atoms. The van der Waals surface area contributed by atoms with Crippen LogP contribution in [0.4, 0.5) is 5.69 Å². The molecule has 3 rings (SSSR count). The summed E-state index contributed by atoms with van der Waals surface area (Å²) < 4.78 is 0. The number of aromatic nitrogens is 1. The summed E-state index contributed by atoms with van der Waals surface area (Å²) in [4.78, 5) is 15.5. The molecule has 2 aromatic carbocycles. The molecule has 0 aliphatic heterocycles. The SMILES string of the molecule is CCc1ccc(NC(=O)c2cccc3cc[nH]c23)cc1. The van der Waals surface area contributed by atoms with E-state index in [2.05, 4.69) is 17.2 Å². The van der Waals surface area contributed by atoms with Crippen LogP contribution in [0.3, 0.4) is 0 Å². The quantitative estimate of drug-likeness (QED) is 0.738. The molecule has 1 aromatic heterocycles. The van der Waals surface area contributed by atoms with Gasteiger partial charge >= 0.3 is 0 Å². The van der Waals surface area contributed by atoms with Gasteiger partial charge in [-0.1, -0.05) is 31.2 Å². The fraction of sp³-hybridized carbons (Fsp3) is 0.118. The van der Waals surface area contributed by atoms with Crippen molar-refractivity contribution in [2.45, 2.75) is 13.3 Å². The van der Waals surface area contributed by atoms with Crippen LogP contribution >= 0.6 is 0 Å². The standard InChI is InChI=1S/C17H16N2O/c1-2-12-6-8-14(9-7-12)19-17(20)15-5-3-4-13-10-11-18-16(13)15/h3-11,18H,2H2,1H3,(H,19,20). The fourth-order valence-corrected chi connectivity index (χ4v) is 2.30. The van der Waals surface area contributed by atoms with Crippen LogP contribution in [-0.4, -0.2) is 10.9 Å². The molecule has 3 aromatic rings. The van der Waals surface area contributed by atoms with Crippen molar-refractivity contribution in [2.75, 3.05) is 5.32 Å². The molecule has 3 heteroatoms. The second kappa shape index (κ2) is 5.21. The van der Waals surface area contributed by atoms with Gasteiger partial charge in [-0.15, -0.1) is 0 Å². The van der Waals surface area contributed by atoms with Crippen molar-refractivity contribution in [3.63, 3.8) is 0 Å². The maximum atomic E-state index is 12.3. The number of amides is 1. The van der Waals surface area contributed by atoms with Gasteiger partial charge in [0.15, 0.2) is 0 Å². The second-order valence-electron chi connectivity index (χ2n) is 4.75. The second-order valence-corrected chi connectivity index (χ2v) is 4.75. The normalized spacial score (nSPS) is 10.7. The molecule has 0 fully saturated rings. The first-order valence-corrected chi connectivity index (χ1v) is 6.74. The van der Waals surface area contributed by atoms with Crippen molar-refractivity contribution in [2.24, 2.45) is 0 Å². The monoisotopic (exact) mass is 264 g/mol. The fourth-order valence-electron chi connectivity index (χ4n) is 2.30. The van der Waals surface area contributed by atoms with Crippen molar-refractivity contribution < 1.29 is 4.79 Å². The Morgan fingerprint density at radius 1 is 1.10 bits per heavy atom. The number of anilines is 1. The zero-order valence-corrected chi connectivity index (χ0v) is 11.3. The number of benzene rings is 2. The third-order valence-corrected chi connectivity index (χ3v) is 3.45. The Kier molecular flexibility index (Phi) is 3.25. The first-order chi connectivity index (χ1) is 9.78. The number of aromatic amines is 1. The lowest BCUT2D eigenvalue weighted by Crippen LogP contribution is -2.12. The Bertz CT molecular complexity index is 741. The summed E-state index contributed by atoms with van der Waals surface area (Å²) in [5.41, 5.74) is 3.60. The first-order valence-electron chi connectivity index (χ1n) is 6.74. The van der Waals surface area contributed by atoms with Crippen LogP contribution in [0.5, 0.6) is 0 Å². The van der Waals surface area contributed by atoms with Gasteiger partial charge in [-0.25, -0.2) is 0 Å². The van der Waals surface area contributed by atoms with E-state index >= 15 is 0 Å². The summed E-state index contributed by atoms with van der Waals surface area (Å²) in [6.07, 6.45) is 2.84. The molecule has 100 valence electrons. The minimum absolute atomic E-state index is 0.0951. The number of carbonyl (C=O) groups is 1. The topological polar surface area (TPSA) is 44.9 Å². The highest BCUT2D eigenvalue weighted by atomic mass is 16.1. The van der Waals surface area contributed by atoms with Gasteiger partial charge in [0.2, 0.25) is 0 Å². The molecule has 0 saturated carbocycles. The summed E-state index contributed by atoms with van der Waals surface area (Å²) in [6.45, 7) is 2.11. The van der Waals surface area contributed by atoms with Gasteiger partial charge in [-0.2, -0.15) is 0 Å². The van der Waals surface area contributed by atoms with Crippen LogP contribution in [0.25, 0.3) is 10.9 Å². The first kappa shape index (κ1) is 12.5. The van der Waals surface area contributed by atoms with Crippen LogP contribution in [0, 0.1) is 0 Å². The van der Waals surface area contributed by atoms with Gasteiger partial charge < -0.3 is 10.3 Å². The number of hydrogen-bond donors (Lipinski definition) is 2. The lowest BCUT2D eigenvalue weighted by atomic mass is 10.1. The number of nitrogens with one attached hydrogen (secondary N) is 2. The molecule has 0 saturated heterocycles. The number of aryl methyl sites for hydroxylation is 1. The van der Waals surface area contributed by atoms with E-state index in [-0.39, 0.29) is 5.91 Å². The summed E-state index contributed by atoms with van der Waals surface area (Å²) >= 11 is 0. The predicted octanol–water partition coefficient (Wildman–Crippen LogP) is 3.98. The number of carbonyl (C=O) groups excluding carboxylic acids is 1. The molecule has 0 aliphatic rings. The van der Waals surface area contributed by atoms with Crippen LogP contribution in [0.15, 0.2) is 54.7 Å². The molecule has 0 spiro atoms. The maximum absolute atomic E-state index is 12.3. The smallest absolute Gasteiger partial charge is 0.257 e. The third-order valence-electron chi connectivity index (χ3n) is 3.45. The minimum Gasteiger partial charge on any atom is -0.361 e. The lowest BCUT2D eigenvalue weighted by molar-refractivity contribution is 0.102. The molecule has 0 unspecified atom stereocenters. The molecule has 0 aliphatic carbocycles. The average Bonchev–Trinajstić information content (AvgIpc) is 2.96. The number of H-pyrrole nitrogens is 1. The molecule has 0 atom stereocenters. The van der Waals surface area contributed by atoms with Crippen molar-refractivity contribution in [1.29, 1.82) is 0 Å². The number of rotatable bonds is 3. The summed E-state index contributed by atoms with van der Waals surface area (Å²) in [6, 6.07) is 15.6. The van der Waals surface area contributed by atoms with E-state index in [0.29, 0.717) is 5.56 Å². The average molecular weight is 264 g/mol. The Morgan fingerprint density at radius 3 is 2.65 bits per heavy atom. The van der Waals surface area contributed by atoms with Crippen LogP contribution in [0.1, 0.15) is 22.8 Å². The minimum atomic E-state index is -0.0951. The van der Waals surface area contributed by atoms with E-state index in [1.807, 2.05) is 54.7 Å². The number of hydrogen-bond acceptors (Lipinski definition) is 1.